The van der Waals surface area contributed by atoms with Crippen LogP contribution in [0.3, 0.4) is 0 Å². The molecule has 2 heterocycles. The number of hydrogen-bond donors (Lipinski definition) is 2. The minimum atomic E-state index is -0.591. The zero-order valence-electron chi connectivity index (χ0n) is 12.7. The van der Waals surface area contributed by atoms with Crippen molar-refractivity contribution >= 4 is 46.7 Å². The smallest absolute Gasteiger partial charge is 0.294 e. The van der Waals surface area contributed by atoms with Crippen LogP contribution in [0.25, 0.3) is 6.08 Å². The van der Waals surface area contributed by atoms with Gasteiger partial charge in [-0.3, -0.25) is 19.3 Å². The number of hydrogen-bond acceptors (Lipinski definition) is 6. The van der Waals surface area contributed by atoms with Crippen molar-refractivity contribution in [2.45, 2.75) is 12.1 Å². The Hall–Kier alpha value is -1.77. The predicted octanol–water partition coefficient (Wildman–Crippen LogP) is 1.32. The number of nitrogens with zero attached hydrogens (tertiary/aromatic N) is 1. The highest BCUT2D eigenvalue weighted by molar-refractivity contribution is 8.18. The number of rotatable bonds is 4. The molecule has 0 bridgehead atoms. The van der Waals surface area contributed by atoms with Gasteiger partial charge in [0.2, 0.25) is 5.91 Å². The number of nitrogens with one attached hydrogen (secondary N) is 1. The summed E-state index contributed by atoms with van der Waals surface area (Å²) < 4.78 is 0. The number of aliphatic hydroxyl groups is 1. The van der Waals surface area contributed by atoms with Crippen LogP contribution in [0.5, 0.6) is 0 Å². The second-order valence-corrected chi connectivity index (χ2v) is 7.53. The molecule has 2 aliphatic heterocycles. The Kier molecular flexibility index (Phi) is 5.27. The van der Waals surface area contributed by atoms with Gasteiger partial charge in [0.05, 0.1) is 17.1 Å². The summed E-state index contributed by atoms with van der Waals surface area (Å²) in [7, 11) is 0. The third kappa shape index (κ3) is 3.82. The van der Waals surface area contributed by atoms with Crippen LogP contribution in [0.1, 0.15) is 5.56 Å². The largest absolute Gasteiger partial charge is 0.390 e. The van der Waals surface area contributed by atoms with Crippen molar-refractivity contribution in [2.24, 2.45) is 0 Å². The van der Waals surface area contributed by atoms with Crippen LogP contribution >= 0.6 is 23.5 Å². The highest BCUT2D eigenvalue weighted by Crippen LogP contribution is 2.32. The molecular formula is C16H16N2O4S2. The van der Waals surface area contributed by atoms with Crippen LogP contribution in [-0.2, 0) is 9.59 Å². The molecule has 0 unspecified atom stereocenters. The lowest BCUT2D eigenvalue weighted by atomic mass is 10.2. The van der Waals surface area contributed by atoms with Crippen molar-refractivity contribution in [3.05, 3.63) is 40.8 Å². The number of amides is 3. The van der Waals surface area contributed by atoms with E-state index in [1.54, 1.807) is 17.8 Å². The van der Waals surface area contributed by atoms with E-state index in [9.17, 15) is 19.5 Å². The number of carbonyl (C=O) groups excluding carboxylic acids is 3. The van der Waals surface area contributed by atoms with E-state index in [0.29, 0.717) is 16.4 Å². The van der Waals surface area contributed by atoms with Gasteiger partial charge in [-0.2, -0.15) is 11.8 Å². The number of thioether (sulfide) groups is 2. The summed E-state index contributed by atoms with van der Waals surface area (Å²) in [5.74, 6) is 0.296. The summed E-state index contributed by atoms with van der Waals surface area (Å²) in [4.78, 5) is 37.6. The Balaban J connectivity index is 1.64. The molecule has 8 heteroatoms. The molecule has 0 aliphatic carbocycles. The molecule has 2 saturated heterocycles. The molecule has 2 aliphatic rings. The summed E-state index contributed by atoms with van der Waals surface area (Å²) in [6.45, 7) is -0.329. The lowest BCUT2D eigenvalue weighted by Gasteiger charge is -2.18. The molecule has 3 rings (SSSR count). The summed E-state index contributed by atoms with van der Waals surface area (Å²) in [5.41, 5.74) is 0.818. The Morgan fingerprint density at radius 2 is 2.04 bits per heavy atom. The van der Waals surface area contributed by atoms with E-state index in [0.717, 1.165) is 22.2 Å². The van der Waals surface area contributed by atoms with Gasteiger partial charge in [-0.25, -0.2) is 0 Å². The predicted molar refractivity (Wildman–Crippen MR) is 94.4 cm³/mol. The molecule has 24 heavy (non-hydrogen) atoms. The first kappa shape index (κ1) is 17.1. The monoisotopic (exact) mass is 364 g/mol. The van der Waals surface area contributed by atoms with Crippen LogP contribution in [0.2, 0.25) is 0 Å². The van der Waals surface area contributed by atoms with Gasteiger partial charge in [0.1, 0.15) is 6.54 Å². The average molecular weight is 364 g/mol. The molecule has 6 nitrogen and oxygen atoms in total. The third-order valence-corrected chi connectivity index (χ3v) is 5.75. The first-order chi connectivity index (χ1) is 11.5. The maximum Gasteiger partial charge on any atom is 0.294 e. The zero-order chi connectivity index (χ0) is 17.1. The molecule has 0 saturated carbocycles. The van der Waals surface area contributed by atoms with E-state index < -0.39 is 23.2 Å². The van der Waals surface area contributed by atoms with Crippen LogP contribution in [-0.4, -0.2) is 57.3 Å². The molecule has 126 valence electrons. The van der Waals surface area contributed by atoms with E-state index in [2.05, 4.69) is 5.32 Å². The Bertz CT molecular complexity index is 693. The van der Waals surface area contributed by atoms with Crippen molar-refractivity contribution in [3.63, 3.8) is 0 Å². The van der Waals surface area contributed by atoms with Crippen molar-refractivity contribution in [1.29, 1.82) is 0 Å². The number of benzene rings is 1. The highest BCUT2D eigenvalue weighted by atomic mass is 32.2. The molecule has 2 N–H and O–H groups in total. The normalized spacial score (nSPS) is 25.5. The van der Waals surface area contributed by atoms with Crippen LogP contribution in [0.15, 0.2) is 35.2 Å². The molecular weight excluding hydrogens is 348 g/mol. The van der Waals surface area contributed by atoms with E-state index >= 15 is 0 Å². The Morgan fingerprint density at radius 1 is 1.29 bits per heavy atom. The SMILES string of the molecule is O=C(CN1C(=O)S/C(=C\c2ccccc2)C1=O)N[C@@H]1CSC[C@@H]1O. The quantitative estimate of drug-likeness (QED) is 0.784. The lowest BCUT2D eigenvalue weighted by Crippen LogP contribution is -2.47. The van der Waals surface area contributed by atoms with Gasteiger partial charge in [-0.05, 0) is 23.4 Å². The van der Waals surface area contributed by atoms with Gasteiger partial charge >= 0.3 is 0 Å². The zero-order valence-corrected chi connectivity index (χ0v) is 14.3. The first-order valence-electron chi connectivity index (χ1n) is 7.40. The minimum absolute atomic E-state index is 0.301. The number of carbonyl (C=O) groups is 3. The summed E-state index contributed by atoms with van der Waals surface area (Å²) >= 11 is 2.38. The fourth-order valence-corrected chi connectivity index (χ4v) is 4.42. The van der Waals surface area contributed by atoms with Crippen molar-refractivity contribution in [1.82, 2.24) is 10.2 Å². The third-order valence-electron chi connectivity index (χ3n) is 3.67. The standard InChI is InChI=1S/C16H16N2O4S2/c19-12-9-23-8-11(12)17-14(20)7-18-15(21)13(24-16(18)22)6-10-4-2-1-3-5-10/h1-6,11-12,19H,7-9H2,(H,17,20)/b13-6-/t11-,12+/m1/s1. The Morgan fingerprint density at radius 3 is 2.71 bits per heavy atom. The summed E-state index contributed by atoms with van der Waals surface area (Å²) in [6.07, 6.45) is 1.05. The van der Waals surface area contributed by atoms with Gasteiger partial charge in [0.15, 0.2) is 0 Å². The van der Waals surface area contributed by atoms with E-state index in [-0.39, 0.29) is 12.6 Å². The molecule has 3 amide bonds. The fourth-order valence-electron chi connectivity index (χ4n) is 2.41. The fraction of sp³-hybridized carbons (Fsp3) is 0.312. The molecule has 2 atom stereocenters. The second kappa shape index (κ2) is 7.42. The van der Waals surface area contributed by atoms with Gasteiger partial charge in [-0.15, -0.1) is 0 Å². The van der Waals surface area contributed by atoms with E-state index in [4.69, 9.17) is 0 Å². The van der Waals surface area contributed by atoms with Crippen molar-refractivity contribution in [3.8, 4) is 0 Å². The number of imide groups is 1. The Labute approximate surface area is 147 Å². The van der Waals surface area contributed by atoms with Crippen LogP contribution in [0, 0.1) is 0 Å². The molecule has 2 fully saturated rings. The highest BCUT2D eigenvalue weighted by Gasteiger charge is 2.37. The van der Waals surface area contributed by atoms with Crippen molar-refractivity contribution in [2.75, 3.05) is 18.1 Å². The summed E-state index contributed by atoms with van der Waals surface area (Å²) in [5, 5.41) is 11.9. The van der Waals surface area contributed by atoms with E-state index in [1.807, 2.05) is 30.3 Å². The lowest BCUT2D eigenvalue weighted by molar-refractivity contribution is -0.129. The topological polar surface area (TPSA) is 86.7 Å². The van der Waals surface area contributed by atoms with Gasteiger partial charge in [-0.1, -0.05) is 30.3 Å². The van der Waals surface area contributed by atoms with Gasteiger partial charge in [0, 0.05) is 11.5 Å². The van der Waals surface area contributed by atoms with Crippen molar-refractivity contribution < 1.29 is 19.5 Å². The van der Waals surface area contributed by atoms with Crippen LogP contribution < -0.4 is 5.32 Å². The molecule has 0 spiro atoms. The van der Waals surface area contributed by atoms with E-state index in [1.165, 1.54) is 0 Å². The van der Waals surface area contributed by atoms with Gasteiger partial charge < -0.3 is 10.4 Å². The maximum atomic E-state index is 12.3. The molecule has 1 aromatic carbocycles. The maximum absolute atomic E-state index is 12.3. The molecule has 0 radical (unpaired) electrons. The van der Waals surface area contributed by atoms with Gasteiger partial charge in [0.25, 0.3) is 11.1 Å². The number of aliphatic hydroxyl groups excluding tert-OH is 1. The van der Waals surface area contributed by atoms with Crippen LogP contribution in [0.4, 0.5) is 4.79 Å². The molecule has 0 aromatic heterocycles. The second-order valence-electron chi connectivity index (χ2n) is 5.46. The molecule has 1 aromatic rings. The first-order valence-corrected chi connectivity index (χ1v) is 9.37. The minimum Gasteiger partial charge on any atom is -0.390 e. The summed E-state index contributed by atoms with van der Waals surface area (Å²) in [6, 6.07) is 8.88. The average Bonchev–Trinajstić information content (AvgIpc) is 3.07.